The van der Waals surface area contributed by atoms with E-state index < -0.39 is 21.4 Å². The van der Waals surface area contributed by atoms with Crippen LogP contribution in [0.1, 0.15) is 34.0 Å². The highest BCUT2D eigenvalue weighted by molar-refractivity contribution is 7.89. The van der Waals surface area contributed by atoms with Gasteiger partial charge >= 0.3 is 0 Å². The molecule has 8 nitrogen and oxygen atoms in total. The monoisotopic (exact) mass is 572 g/mol. The molecular formula is C32H36N4O4S. The minimum absolute atomic E-state index is 0.00716. The molecule has 3 aromatic carbocycles. The maximum absolute atomic E-state index is 13.6. The molecule has 5 rings (SSSR count). The molecule has 1 N–H and O–H groups in total. The summed E-state index contributed by atoms with van der Waals surface area (Å²) in [7, 11) is -1.84. The molecule has 4 aromatic rings. The molecule has 1 aromatic heterocycles. The number of hydrogen-bond acceptors (Lipinski definition) is 5. The first-order chi connectivity index (χ1) is 19.8. The van der Waals surface area contributed by atoms with Crippen molar-refractivity contribution in [2.45, 2.75) is 37.8 Å². The Morgan fingerprint density at radius 3 is 2.46 bits per heavy atom. The van der Waals surface area contributed by atoms with Crippen LogP contribution in [0.4, 0.5) is 0 Å². The third-order valence-corrected chi connectivity index (χ3v) is 9.62. The number of aryl methyl sites for hydroxylation is 1. The Hall–Kier alpha value is -3.79. The van der Waals surface area contributed by atoms with Crippen molar-refractivity contribution in [3.05, 3.63) is 111 Å². The van der Waals surface area contributed by atoms with E-state index in [9.17, 15) is 18.0 Å². The number of nitrogens with zero attached hydrogens (tertiary/aromatic N) is 3. The SMILES string of the molecule is CCn1cc(C(=O)NCCN(C)CCc2ccccc2)c(=O)c2cc(S(=O)(=O)N3CCc4ccccc4C3)ccc21. The summed E-state index contributed by atoms with van der Waals surface area (Å²) in [6.07, 6.45) is 3.11. The molecule has 0 saturated carbocycles. The first kappa shape index (κ1) is 28.7. The van der Waals surface area contributed by atoms with Crippen LogP contribution in [0.2, 0.25) is 0 Å². The maximum Gasteiger partial charge on any atom is 0.256 e. The van der Waals surface area contributed by atoms with Crippen LogP contribution in [0.25, 0.3) is 10.9 Å². The van der Waals surface area contributed by atoms with Gasteiger partial charge in [0.25, 0.3) is 5.91 Å². The summed E-state index contributed by atoms with van der Waals surface area (Å²) >= 11 is 0. The second-order valence-electron chi connectivity index (χ2n) is 10.5. The predicted octanol–water partition coefficient (Wildman–Crippen LogP) is 3.67. The lowest BCUT2D eigenvalue weighted by Gasteiger charge is -2.28. The summed E-state index contributed by atoms with van der Waals surface area (Å²) in [6, 6.07) is 22.7. The van der Waals surface area contributed by atoms with Crippen LogP contribution in [0.15, 0.2) is 88.7 Å². The zero-order valence-electron chi connectivity index (χ0n) is 23.5. The van der Waals surface area contributed by atoms with E-state index in [0.717, 1.165) is 24.1 Å². The summed E-state index contributed by atoms with van der Waals surface area (Å²) in [5.74, 6) is -0.462. The van der Waals surface area contributed by atoms with Gasteiger partial charge in [-0.1, -0.05) is 54.6 Å². The number of benzene rings is 3. The summed E-state index contributed by atoms with van der Waals surface area (Å²) in [4.78, 5) is 28.8. The van der Waals surface area contributed by atoms with Crippen LogP contribution in [-0.4, -0.2) is 61.3 Å². The number of aromatic nitrogens is 1. The van der Waals surface area contributed by atoms with E-state index in [1.165, 1.54) is 15.9 Å². The molecule has 0 unspecified atom stereocenters. The standard InChI is InChI=1S/C32H36N4O4S/c1-3-35-23-29(32(38)33-17-20-34(2)18-15-24-9-5-4-6-10-24)31(37)28-21-27(13-14-30(28)35)41(39,40)36-19-16-25-11-7-8-12-26(25)22-36/h4-14,21,23H,3,15-20,22H2,1-2H3,(H,33,38). The maximum atomic E-state index is 13.6. The zero-order valence-corrected chi connectivity index (χ0v) is 24.4. The third kappa shape index (κ3) is 6.27. The van der Waals surface area contributed by atoms with Crippen molar-refractivity contribution in [1.29, 1.82) is 0 Å². The lowest BCUT2D eigenvalue weighted by molar-refractivity contribution is 0.0948. The molecule has 0 aliphatic carbocycles. The molecule has 2 heterocycles. The Morgan fingerprint density at radius 1 is 0.976 bits per heavy atom. The number of nitrogens with one attached hydrogen (secondary N) is 1. The molecule has 0 atom stereocenters. The Morgan fingerprint density at radius 2 is 1.71 bits per heavy atom. The van der Waals surface area contributed by atoms with Crippen molar-refractivity contribution in [2.24, 2.45) is 0 Å². The van der Waals surface area contributed by atoms with Gasteiger partial charge in [-0.3, -0.25) is 9.59 Å². The number of rotatable bonds is 10. The van der Waals surface area contributed by atoms with Crippen molar-refractivity contribution in [1.82, 2.24) is 19.1 Å². The molecule has 1 amide bonds. The number of hydrogen-bond donors (Lipinski definition) is 1. The highest BCUT2D eigenvalue weighted by Crippen LogP contribution is 2.26. The number of carbonyl (C=O) groups excluding carboxylic acids is 1. The lowest BCUT2D eigenvalue weighted by atomic mass is 10.0. The molecule has 41 heavy (non-hydrogen) atoms. The van der Waals surface area contributed by atoms with Gasteiger partial charge in [0.15, 0.2) is 0 Å². The molecule has 1 aliphatic rings. The van der Waals surface area contributed by atoms with Crippen molar-refractivity contribution < 1.29 is 13.2 Å². The average Bonchev–Trinajstić information content (AvgIpc) is 3.00. The fraction of sp³-hybridized carbons (Fsp3) is 0.312. The van der Waals surface area contributed by atoms with Gasteiger partial charge in [0.1, 0.15) is 5.56 Å². The van der Waals surface area contributed by atoms with Gasteiger partial charge in [-0.05, 0) is 61.7 Å². The van der Waals surface area contributed by atoms with E-state index >= 15 is 0 Å². The van der Waals surface area contributed by atoms with Crippen molar-refractivity contribution in [2.75, 3.05) is 33.2 Å². The van der Waals surface area contributed by atoms with Gasteiger partial charge in [0, 0.05) is 50.9 Å². The van der Waals surface area contributed by atoms with Crippen molar-refractivity contribution in [3.8, 4) is 0 Å². The summed E-state index contributed by atoms with van der Waals surface area (Å²) in [5, 5.41) is 3.09. The molecule has 0 saturated heterocycles. The molecule has 9 heteroatoms. The molecule has 1 aliphatic heterocycles. The van der Waals surface area contributed by atoms with Gasteiger partial charge in [-0.2, -0.15) is 4.31 Å². The number of amides is 1. The van der Waals surface area contributed by atoms with E-state index in [-0.39, 0.29) is 22.4 Å². The molecule has 0 fully saturated rings. The van der Waals surface area contributed by atoms with Crippen LogP contribution >= 0.6 is 0 Å². The van der Waals surface area contributed by atoms with Gasteiger partial charge < -0.3 is 14.8 Å². The minimum Gasteiger partial charge on any atom is -0.351 e. The third-order valence-electron chi connectivity index (χ3n) is 7.77. The quantitative estimate of drug-likeness (QED) is 0.313. The van der Waals surface area contributed by atoms with E-state index in [4.69, 9.17) is 0 Å². The Labute approximate surface area is 241 Å². The minimum atomic E-state index is -3.84. The molecule has 0 spiro atoms. The van der Waals surface area contributed by atoms with E-state index in [0.29, 0.717) is 38.1 Å². The number of pyridine rings is 1. The largest absolute Gasteiger partial charge is 0.351 e. The first-order valence-corrected chi connectivity index (χ1v) is 15.5. The van der Waals surface area contributed by atoms with Crippen LogP contribution < -0.4 is 10.7 Å². The molecular weight excluding hydrogens is 536 g/mol. The first-order valence-electron chi connectivity index (χ1n) is 14.0. The second-order valence-corrected chi connectivity index (χ2v) is 12.4. The Bertz CT molecular complexity index is 1720. The van der Waals surface area contributed by atoms with Crippen molar-refractivity contribution >= 4 is 26.8 Å². The van der Waals surface area contributed by atoms with Crippen molar-refractivity contribution in [3.63, 3.8) is 0 Å². The topological polar surface area (TPSA) is 91.7 Å². The number of fused-ring (bicyclic) bond motifs is 2. The molecule has 214 valence electrons. The Kier molecular flexibility index (Phi) is 8.68. The van der Waals surface area contributed by atoms with Crippen LogP contribution in [0.3, 0.4) is 0 Å². The highest BCUT2D eigenvalue weighted by Gasteiger charge is 2.29. The highest BCUT2D eigenvalue weighted by atomic mass is 32.2. The zero-order chi connectivity index (χ0) is 29.0. The summed E-state index contributed by atoms with van der Waals surface area (Å²) in [6.45, 7) is 4.97. The van der Waals surface area contributed by atoms with Gasteiger partial charge in [-0.25, -0.2) is 8.42 Å². The molecule has 0 radical (unpaired) electrons. The second kappa shape index (κ2) is 12.4. The van der Waals surface area contributed by atoms with Crippen LogP contribution in [-0.2, 0) is 36.0 Å². The van der Waals surface area contributed by atoms with Gasteiger partial charge in [0.2, 0.25) is 15.5 Å². The number of carbonyl (C=O) groups is 1. The predicted molar refractivity (Wildman–Crippen MR) is 162 cm³/mol. The summed E-state index contributed by atoms with van der Waals surface area (Å²) < 4.78 is 30.5. The van der Waals surface area contributed by atoms with E-state index in [1.807, 2.05) is 61.0 Å². The van der Waals surface area contributed by atoms with E-state index in [2.05, 4.69) is 22.3 Å². The average molecular weight is 573 g/mol. The Balaban J connectivity index is 1.33. The summed E-state index contributed by atoms with van der Waals surface area (Å²) in [5.41, 5.74) is 3.53. The van der Waals surface area contributed by atoms with E-state index in [1.54, 1.807) is 18.3 Å². The molecule has 0 bridgehead atoms. The fourth-order valence-electron chi connectivity index (χ4n) is 5.32. The van der Waals surface area contributed by atoms with Gasteiger partial charge in [0.05, 0.1) is 10.4 Å². The number of sulfonamides is 1. The number of likely N-dealkylation sites (N-methyl/N-ethyl adjacent to an activating group) is 1. The van der Waals surface area contributed by atoms with Gasteiger partial charge in [-0.15, -0.1) is 0 Å². The fourth-order valence-corrected chi connectivity index (χ4v) is 6.76. The normalized spacial score (nSPS) is 13.8. The van der Waals surface area contributed by atoms with Crippen LogP contribution in [0, 0.1) is 0 Å². The lowest BCUT2D eigenvalue weighted by Crippen LogP contribution is -2.36. The van der Waals surface area contributed by atoms with Crippen LogP contribution in [0.5, 0.6) is 0 Å². The smallest absolute Gasteiger partial charge is 0.256 e.